The summed E-state index contributed by atoms with van der Waals surface area (Å²) in [7, 11) is 0. The van der Waals surface area contributed by atoms with E-state index in [-0.39, 0.29) is 17.6 Å². The minimum atomic E-state index is -0.998. The van der Waals surface area contributed by atoms with E-state index in [1.807, 2.05) is 4.90 Å². The lowest BCUT2D eigenvalue weighted by Gasteiger charge is -2.26. The van der Waals surface area contributed by atoms with E-state index in [0.29, 0.717) is 19.0 Å². The molecule has 0 aliphatic carbocycles. The fourth-order valence-electron chi connectivity index (χ4n) is 3.11. The second-order valence-electron chi connectivity index (χ2n) is 6.74. The normalized spacial score (nSPS) is 18.5. The fourth-order valence-corrected chi connectivity index (χ4v) is 4.91. The number of unbranched alkanes of at least 4 members (excludes halogenated alkanes) is 2. The van der Waals surface area contributed by atoms with Crippen molar-refractivity contribution >= 4 is 35.0 Å². The molecule has 2 rings (SSSR count). The zero-order chi connectivity index (χ0) is 18.9. The Balaban J connectivity index is 1.73. The van der Waals surface area contributed by atoms with Gasteiger partial charge in [0.15, 0.2) is 10.0 Å². The van der Waals surface area contributed by atoms with Crippen LogP contribution < -0.4 is 5.32 Å². The molecular formula is C18H29N3O3S2. The first-order chi connectivity index (χ1) is 12.5. The number of hydrogen-bond acceptors (Lipinski definition) is 6. The third-order valence-corrected chi connectivity index (χ3v) is 6.66. The third kappa shape index (κ3) is 6.55. The predicted molar refractivity (Wildman–Crippen MR) is 106 cm³/mol. The molecule has 1 aliphatic heterocycles. The zero-order valence-electron chi connectivity index (χ0n) is 15.6. The molecule has 1 saturated heterocycles. The lowest BCUT2D eigenvalue weighted by Crippen LogP contribution is -2.43. The summed E-state index contributed by atoms with van der Waals surface area (Å²) in [5.41, 5.74) is 0.0916. The van der Waals surface area contributed by atoms with Gasteiger partial charge in [-0.2, -0.15) is 0 Å². The summed E-state index contributed by atoms with van der Waals surface area (Å²) in [4.78, 5) is 29.1. The van der Waals surface area contributed by atoms with E-state index in [1.165, 1.54) is 48.8 Å². The van der Waals surface area contributed by atoms with Crippen molar-refractivity contribution in [3.63, 3.8) is 0 Å². The number of amides is 1. The Hall–Kier alpha value is -1.12. The zero-order valence-corrected chi connectivity index (χ0v) is 17.2. The number of thioether (sulfide) groups is 1. The number of carboxylic acids is 1. The summed E-state index contributed by atoms with van der Waals surface area (Å²) >= 11 is 2.86. The summed E-state index contributed by atoms with van der Waals surface area (Å²) in [6, 6.07) is 0.751. The van der Waals surface area contributed by atoms with E-state index in [1.54, 1.807) is 5.38 Å². The van der Waals surface area contributed by atoms with E-state index in [2.05, 4.69) is 24.1 Å². The number of likely N-dealkylation sites (tertiary alicyclic amines) is 1. The monoisotopic (exact) mass is 399 g/mol. The van der Waals surface area contributed by atoms with E-state index >= 15 is 0 Å². The number of aromatic carboxylic acids is 1. The number of carboxylic acid groups (broad SMARTS) is 1. The average Bonchev–Trinajstić information content (AvgIpc) is 3.21. The molecule has 0 bridgehead atoms. The van der Waals surface area contributed by atoms with Crippen LogP contribution in [0.5, 0.6) is 0 Å². The lowest BCUT2D eigenvalue weighted by atomic mass is 10.1. The highest BCUT2D eigenvalue weighted by Crippen LogP contribution is 2.25. The summed E-state index contributed by atoms with van der Waals surface area (Å²) < 4.78 is 0.744. The third-order valence-electron chi connectivity index (χ3n) is 4.66. The molecule has 2 N–H and O–H groups in total. The second kappa shape index (κ2) is 10.9. The van der Waals surface area contributed by atoms with Crippen molar-refractivity contribution in [1.82, 2.24) is 15.2 Å². The highest BCUT2D eigenvalue weighted by atomic mass is 32.2. The number of hydrogen-bond donors (Lipinski definition) is 2. The van der Waals surface area contributed by atoms with E-state index in [0.717, 1.165) is 23.1 Å². The quantitative estimate of drug-likeness (QED) is 0.414. The molecule has 8 heteroatoms. The molecule has 2 heterocycles. The van der Waals surface area contributed by atoms with Crippen LogP contribution >= 0.6 is 23.1 Å². The van der Waals surface area contributed by atoms with Crippen LogP contribution in [0.15, 0.2) is 9.72 Å². The molecule has 0 aromatic carbocycles. The molecule has 0 spiro atoms. The molecular weight excluding hydrogens is 370 g/mol. The molecule has 1 aliphatic rings. The van der Waals surface area contributed by atoms with Crippen molar-refractivity contribution < 1.29 is 14.7 Å². The molecule has 6 nitrogen and oxygen atoms in total. The van der Waals surface area contributed by atoms with Crippen LogP contribution in [-0.4, -0.2) is 57.8 Å². The van der Waals surface area contributed by atoms with Crippen LogP contribution in [-0.2, 0) is 4.79 Å². The largest absolute Gasteiger partial charge is 0.476 e. The fraction of sp³-hybridized carbons (Fsp3) is 0.722. The SMILES string of the molecule is CCCCCC(C)NCC1CCC(=O)N1CCSc1nc(C(=O)O)cs1. The predicted octanol–water partition coefficient (Wildman–Crippen LogP) is 3.48. The lowest BCUT2D eigenvalue weighted by molar-refractivity contribution is -0.128. The van der Waals surface area contributed by atoms with Crippen LogP contribution in [0.3, 0.4) is 0 Å². The van der Waals surface area contributed by atoms with Gasteiger partial charge in [0, 0.05) is 42.7 Å². The Morgan fingerprint density at radius 2 is 2.35 bits per heavy atom. The van der Waals surface area contributed by atoms with Crippen LogP contribution in [0.2, 0.25) is 0 Å². The van der Waals surface area contributed by atoms with Gasteiger partial charge >= 0.3 is 5.97 Å². The number of aromatic nitrogens is 1. The van der Waals surface area contributed by atoms with Gasteiger partial charge in [0.2, 0.25) is 5.91 Å². The maximum atomic E-state index is 12.2. The summed E-state index contributed by atoms with van der Waals surface area (Å²) in [5.74, 6) is -0.0376. The minimum Gasteiger partial charge on any atom is -0.476 e. The van der Waals surface area contributed by atoms with Crippen LogP contribution in [0.1, 0.15) is 62.9 Å². The van der Waals surface area contributed by atoms with Gasteiger partial charge in [-0.3, -0.25) is 4.79 Å². The summed E-state index contributed by atoms with van der Waals surface area (Å²) in [5, 5.41) is 14.0. The molecule has 2 unspecified atom stereocenters. The van der Waals surface area contributed by atoms with Crippen molar-refractivity contribution in [1.29, 1.82) is 0 Å². The van der Waals surface area contributed by atoms with Crippen molar-refractivity contribution in [2.24, 2.45) is 0 Å². The highest BCUT2D eigenvalue weighted by molar-refractivity contribution is 8.01. The summed E-state index contributed by atoms with van der Waals surface area (Å²) in [6.45, 7) is 5.97. The smallest absolute Gasteiger partial charge is 0.355 e. The average molecular weight is 400 g/mol. The van der Waals surface area contributed by atoms with Gasteiger partial charge in [0.05, 0.1) is 0 Å². The highest BCUT2D eigenvalue weighted by Gasteiger charge is 2.30. The van der Waals surface area contributed by atoms with Crippen molar-refractivity contribution in [2.75, 3.05) is 18.8 Å². The Labute approximate surface area is 163 Å². The second-order valence-corrected chi connectivity index (χ2v) is 8.94. The molecule has 26 heavy (non-hydrogen) atoms. The van der Waals surface area contributed by atoms with Gasteiger partial charge in [0.1, 0.15) is 0 Å². The van der Waals surface area contributed by atoms with Crippen LogP contribution in [0.25, 0.3) is 0 Å². The topological polar surface area (TPSA) is 82.5 Å². The molecule has 0 saturated carbocycles. The first-order valence-corrected chi connectivity index (χ1v) is 11.2. The molecule has 1 aromatic rings. The standard InChI is InChI=1S/C18H29N3O3S2/c1-3-4-5-6-13(2)19-11-14-7-8-16(22)21(14)9-10-25-18-20-15(12-26-18)17(23)24/h12-14,19H,3-11H2,1-2H3,(H,23,24). The number of rotatable bonds is 12. The molecule has 1 fully saturated rings. The Bertz CT molecular complexity index is 594. The molecule has 146 valence electrons. The minimum absolute atomic E-state index is 0.0916. The number of nitrogens with zero attached hydrogens (tertiary/aromatic N) is 2. The number of thiazole rings is 1. The summed E-state index contributed by atoms with van der Waals surface area (Å²) in [6.07, 6.45) is 6.49. The van der Waals surface area contributed by atoms with Crippen molar-refractivity contribution in [3.8, 4) is 0 Å². The van der Waals surface area contributed by atoms with Crippen LogP contribution in [0.4, 0.5) is 0 Å². The maximum Gasteiger partial charge on any atom is 0.355 e. The molecule has 2 atom stereocenters. The molecule has 0 radical (unpaired) electrons. The molecule has 1 aromatic heterocycles. The van der Waals surface area contributed by atoms with Gasteiger partial charge in [-0.1, -0.05) is 37.9 Å². The Morgan fingerprint density at radius 3 is 3.04 bits per heavy atom. The van der Waals surface area contributed by atoms with Gasteiger partial charge in [-0.25, -0.2) is 9.78 Å². The number of carbonyl (C=O) groups excluding carboxylic acids is 1. The number of carbonyl (C=O) groups is 2. The van der Waals surface area contributed by atoms with Crippen LogP contribution in [0, 0.1) is 0 Å². The van der Waals surface area contributed by atoms with Crippen molar-refractivity contribution in [2.45, 2.75) is 68.8 Å². The van der Waals surface area contributed by atoms with E-state index in [9.17, 15) is 9.59 Å². The van der Waals surface area contributed by atoms with Crippen molar-refractivity contribution in [3.05, 3.63) is 11.1 Å². The Morgan fingerprint density at radius 1 is 1.54 bits per heavy atom. The van der Waals surface area contributed by atoms with Gasteiger partial charge < -0.3 is 15.3 Å². The maximum absolute atomic E-state index is 12.2. The van der Waals surface area contributed by atoms with Gasteiger partial charge in [-0.05, 0) is 19.8 Å². The first kappa shape index (κ1) is 21.2. The van der Waals surface area contributed by atoms with E-state index in [4.69, 9.17) is 5.11 Å². The molecule has 1 amide bonds. The van der Waals surface area contributed by atoms with E-state index < -0.39 is 5.97 Å². The number of nitrogens with one attached hydrogen (secondary N) is 1. The van der Waals surface area contributed by atoms with Gasteiger partial charge in [-0.15, -0.1) is 11.3 Å². The Kier molecular flexibility index (Phi) is 8.87. The first-order valence-electron chi connectivity index (χ1n) is 9.35. The van der Waals surface area contributed by atoms with Gasteiger partial charge in [0.25, 0.3) is 0 Å².